The van der Waals surface area contributed by atoms with Gasteiger partial charge in [-0.25, -0.2) is 0 Å². The number of amides is 2. The van der Waals surface area contributed by atoms with Gasteiger partial charge in [0.2, 0.25) is 11.8 Å². The molecule has 330 valence electrons. The van der Waals surface area contributed by atoms with Crippen LogP contribution in [0.2, 0.25) is 0 Å². The van der Waals surface area contributed by atoms with Gasteiger partial charge in [-0.3, -0.25) is 24.0 Å². The van der Waals surface area contributed by atoms with Crippen molar-refractivity contribution in [3.8, 4) is 0 Å². The monoisotopic (exact) mass is 945 g/mol. The van der Waals surface area contributed by atoms with Crippen molar-refractivity contribution in [2.75, 3.05) is 13.7 Å². The molecule has 0 unspecified atom stereocenters. The van der Waals surface area contributed by atoms with Gasteiger partial charge in [0.05, 0.1) is 19.2 Å². The molecule has 2 aromatic rings. The van der Waals surface area contributed by atoms with Gasteiger partial charge in [-0.1, -0.05) is 82.0 Å². The molecule has 13 nitrogen and oxygen atoms in total. The first kappa shape index (κ1) is 46.4. The fraction of sp³-hybridized carbons (Fsp3) is 0.652. The molecule has 1 saturated carbocycles. The fourth-order valence-corrected chi connectivity index (χ4v) is 9.71. The van der Waals surface area contributed by atoms with Crippen molar-refractivity contribution in [2.24, 2.45) is 5.41 Å². The Balaban J connectivity index is 1.35. The molecule has 14 heteroatoms. The number of likely N-dealkylation sites (N-methyl/N-ethyl adjacent to an activating group) is 1. The number of nitrogens with zero attached hydrogens (tertiary/aromatic N) is 2. The number of hydrogen-bond acceptors (Lipinski definition) is 11. The van der Waals surface area contributed by atoms with E-state index in [2.05, 4.69) is 41.8 Å². The van der Waals surface area contributed by atoms with E-state index in [1.54, 1.807) is 32.9 Å². The van der Waals surface area contributed by atoms with Crippen molar-refractivity contribution in [3.05, 3.63) is 69.3 Å². The van der Waals surface area contributed by atoms with Crippen LogP contribution in [0.4, 0.5) is 0 Å². The highest BCUT2D eigenvalue weighted by Gasteiger charge is 2.76. The highest BCUT2D eigenvalue weighted by molar-refractivity contribution is 14.1. The highest BCUT2D eigenvalue weighted by atomic mass is 127. The molecule has 2 amide bonds. The quantitative estimate of drug-likeness (QED) is 0.0862. The van der Waals surface area contributed by atoms with Crippen LogP contribution in [-0.2, 0) is 55.9 Å². The number of ether oxygens (including phenoxy) is 4. The van der Waals surface area contributed by atoms with E-state index in [0.717, 1.165) is 53.2 Å². The summed E-state index contributed by atoms with van der Waals surface area (Å²) in [7, 11) is 1.59. The van der Waals surface area contributed by atoms with Crippen LogP contribution in [-0.4, -0.2) is 106 Å². The molecule has 8 atom stereocenters. The Morgan fingerprint density at radius 2 is 1.62 bits per heavy atom. The first-order valence-corrected chi connectivity index (χ1v) is 22.9. The molecule has 0 spiro atoms. The van der Waals surface area contributed by atoms with Gasteiger partial charge in [0, 0.05) is 42.7 Å². The van der Waals surface area contributed by atoms with Crippen molar-refractivity contribution in [1.29, 1.82) is 0 Å². The molecule has 2 aromatic carbocycles. The summed E-state index contributed by atoms with van der Waals surface area (Å²) in [6.07, 6.45) is 4.53. The average Bonchev–Trinajstić information content (AvgIpc) is 3.77. The second kappa shape index (κ2) is 19.9. The number of nitrogens with one attached hydrogen (secondary N) is 1. The molecule has 4 fully saturated rings. The third-order valence-corrected chi connectivity index (χ3v) is 13.0. The summed E-state index contributed by atoms with van der Waals surface area (Å²) in [6, 6.07) is 14.3. The van der Waals surface area contributed by atoms with E-state index >= 15 is 4.79 Å². The Kier molecular flexibility index (Phi) is 15.4. The number of unbranched alkanes of at least 4 members (excludes halogenated alkanes) is 4. The lowest BCUT2D eigenvalue weighted by Crippen LogP contribution is -2.70. The molecule has 60 heavy (non-hydrogen) atoms. The van der Waals surface area contributed by atoms with Crippen molar-refractivity contribution in [3.63, 3.8) is 0 Å². The lowest BCUT2D eigenvalue weighted by Gasteiger charge is -2.50. The molecule has 2 N–H and O–H groups in total. The van der Waals surface area contributed by atoms with Crippen LogP contribution in [0.1, 0.15) is 116 Å². The maximum Gasteiger partial charge on any atom is 0.327 e. The number of aliphatic hydroxyl groups is 1. The van der Waals surface area contributed by atoms with Crippen LogP contribution in [0, 0.1) is 8.99 Å². The van der Waals surface area contributed by atoms with E-state index in [4.69, 9.17) is 23.8 Å². The number of halogens is 1. The zero-order valence-electron chi connectivity index (χ0n) is 36.0. The smallest absolute Gasteiger partial charge is 0.327 e. The number of esters is 2. The van der Waals surface area contributed by atoms with E-state index in [9.17, 15) is 19.5 Å². The molecule has 3 aliphatic heterocycles. The maximum absolute atomic E-state index is 15.7. The summed E-state index contributed by atoms with van der Waals surface area (Å²) >= 11 is 2.24. The largest absolute Gasteiger partial charge is 0.460 e. The second-order valence-electron chi connectivity index (χ2n) is 18.0. The van der Waals surface area contributed by atoms with Crippen LogP contribution >= 0.6 is 22.6 Å². The van der Waals surface area contributed by atoms with E-state index in [0.29, 0.717) is 12.8 Å². The number of hydroxylamine groups is 2. The van der Waals surface area contributed by atoms with Gasteiger partial charge < -0.3 is 34.3 Å². The number of rotatable bonds is 20. The Labute approximate surface area is 368 Å². The van der Waals surface area contributed by atoms with Crippen LogP contribution in [0.15, 0.2) is 54.6 Å². The van der Waals surface area contributed by atoms with Gasteiger partial charge >= 0.3 is 11.9 Å². The standard InChI is InChI=1S/C46H64IN3O10/c1-7-9-14-24-45(25-15-10-8-2)58-37-35-27-46(39(42(54)56-35)50(60-40(46)38(37)59-45)28-31-18-20-32(47)21-19-31)43(55)49(6)34(26-30-16-12-11-13-17-30)41(53)48-33(29-51)22-23-36(52)57-44(3,4)5/h11-13,16-21,33-35,37-40,51H,7-10,14-15,22-29H2,1-6H3,(H,48,53)/t33-,34+,35+,37-,38-,39-,40+,46-/m0/s1. The number of aliphatic hydroxyl groups excluding tert-OH is 1. The van der Waals surface area contributed by atoms with Crippen molar-refractivity contribution in [1.82, 2.24) is 15.3 Å². The van der Waals surface area contributed by atoms with Crippen molar-refractivity contribution in [2.45, 2.75) is 172 Å². The van der Waals surface area contributed by atoms with Crippen molar-refractivity contribution < 1.29 is 48.1 Å². The number of benzene rings is 2. The van der Waals surface area contributed by atoms with Crippen LogP contribution in [0.3, 0.4) is 0 Å². The number of hydrogen-bond donors (Lipinski definition) is 2. The maximum atomic E-state index is 15.7. The summed E-state index contributed by atoms with van der Waals surface area (Å²) in [5.74, 6) is -2.89. The number of fused-ring (bicyclic) bond motifs is 4. The Morgan fingerprint density at radius 1 is 0.967 bits per heavy atom. The second-order valence-corrected chi connectivity index (χ2v) is 19.2. The normalized spacial score (nSPS) is 26.5. The molecule has 4 aliphatic rings. The number of carbonyl (C=O) groups is 4. The van der Waals surface area contributed by atoms with Gasteiger partial charge in [0.1, 0.15) is 41.5 Å². The van der Waals surface area contributed by atoms with E-state index in [1.165, 1.54) is 4.90 Å². The Hall–Kier alpha value is -3.15. The summed E-state index contributed by atoms with van der Waals surface area (Å²) in [4.78, 5) is 65.5. The van der Waals surface area contributed by atoms with Gasteiger partial charge in [-0.15, -0.1) is 0 Å². The van der Waals surface area contributed by atoms with E-state index < -0.39 is 89.7 Å². The summed E-state index contributed by atoms with van der Waals surface area (Å²) in [5.41, 5.74) is -0.476. The summed E-state index contributed by atoms with van der Waals surface area (Å²) < 4.78 is 26.8. The minimum absolute atomic E-state index is 0.0202. The van der Waals surface area contributed by atoms with Gasteiger partial charge in [0.25, 0.3) is 0 Å². The molecule has 6 rings (SSSR count). The fourth-order valence-electron chi connectivity index (χ4n) is 9.35. The van der Waals surface area contributed by atoms with Gasteiger partial charge in [-0.05, 0) is 85.9 Å². The minimum atomic E-state index is -1.49. The van der Waals surface area contributed by atoms with Crippen molar-refractivity contribution >= 4 is 46.3 Å². The first-order chi connectivity index (χ1) is 28.6. The predicted octanol–water partition coefficient (Wildman–Crippen LogP) is 6.40. The number of carbonyl (C=O) groups excluding carboxylic acids is 4. The highest BCUT2D eigenvalue weighted by Crippen LogP contribution is 2.58. The topological polar surface area (TPSA) is 153 Å². The molecule has 3 heterocycles. The minimum Gasteiger partial charge on any atom is -0.460 e. The van der Waals surface area contributed by atoms with Gasteiger partial charge in [0.15, 0.2) is 11.8 Å². The lowest BCUT2D eigenvalue weighted by atomic mass is 9.62. The molecule has 2 bridgehead atoms. The average molecular weight is 946 g/mol. The molecule has 0 radical (unpaired) electrons. The van der Waals surface area contributed by atoms with E-state index in [1.807, 2.05) is 54.6 Å². The van der Waals surface area contributed by atoms with Gasteiger partial charge in [-0.2, -0.15) is 5.06 Å². The molecule has 0 aromatic heterocycles. The van der Waals surface area contributed by atoms with Crippen LogP contribution in [0.25, 0.3) is 0 Å². The van der Waals surface area contributed by atoms with Crippen LogP contribution in [0.5, 0.6) is 0 Å². The molecule has 1 aliphatic carbocycles. The third kappa shape index (κ3) is 10.4. The van der Waals surface area contributed by atoms with Crippen LogP contribution < -0.4 is 5.32 Å². The molecule has 3 saturated heterocycles. The van der Waals surface area contributed by atoms with E-state index in [-0.39, 0.29) is 32.2 Å². The zero-order chi connectivity index (χ0) is 43.2. The molecular formula is C46H64IN3O10. The third-order valence-electron chi connectivity index (χ3n) is 12.3. The first-order valence-electron chi connectivity index (χ1n) is 21.8. The SMILES string of the molecule is CCCCCC1(CCCCC)O[C@@H]2[C@H](O1)[C@H]1ON(Cc3ccc(I)cc3)[C@H]3C(=O)O[C@@H]2C[C@@]13C(=O)N(C)[C@H](Cc1ccccc1)C(=O)N[C@H](CO)CCC(=O)OC(C)(C)C. The predicted molar refractivity (Wildman–Crippen MR) is 232 cm³/mol. The Bertz CT molecular complexity index is 1780. The Morgan fingerprint density at radius 3 is 2.23 bits per heavy atom. The molecular weight excluding hydrogens is 881 g/mol. The summed E-state index contributed by atoms with van der Waals surface area (Å²) in [5, 5.41) is 14.9. The zero-order valence-corrected chi connectivity index (χ0v) is 38.2. The lowest BCUT2D eigenvalue weighted by molar-refractivity contribution is -0.225. The summed E-state index contributed by atoms with van der Waals surface area (Å²) in [6.45, 7) is 9.42.